The first-order valence-corrected chi connectivity index (χ1v) is 8.00. The molecule has 0 spiro atoms. The molecular formula is C12H22O3Si. The summed E-state index contributed by atoms with van der Waals surface area (Å²) in [5.74, 6) is 2.48. The van der Waals surface area contributed by atoms with Gasteiger partial charge in [-0.1, -0.05) is 12.2 Å². The van der Waals surface area contributed by atoms with E-state index in [1.807, 2.05) is 0 Å². The minimum absolute atomic E-state index is 0.808. The maximum atomic E-state index is 5.45. The molecule has 0 aromatic carbocycles. The fraction of sp³-hybridized carbons (Fsp3) is 0.833. The first kappa shape index (κ1) is 12.3. The van der Waals surface area contributed by atoms with Gasteiger partial charge in [0, 0.05) is 27.4 Å². The third-order valence-electron chi connectivity index (χ3n) is 4.17. The van der Waals surface area contributed by atoms with Gasteiger partial charge >= 0.3 is 8.80 Å². The Morgan fingerprint density at radius 1 is 1.06 bits per heavy atom. The molecule has 2 bridgehead atoms. The van der Waals surface area contributed by atoms with Crippen LogP contribution in [0.15, 0.2) is 12.2 Å². The number of hydrogen-bond acceptors (Lipinski definition) is 3. The molecule has 0 saturated heterocycles. The van der Waals surface area contributed by atoms with Crippen LogP contribution in [0.1, 0.15) is 19.3 Å². The van der Waals surface area contributed by atoms with E-state index in [1.54, 1.807) is 21.3 Å². The van der Waals surface area contributed by atoms with E-state index in [2.05, 4.69) is 12.2 Å². The topological polar surface area (TPSA) is 27.7 Å². The monoisotopic (exact) mass is 242 g/mol. The Morgan fingerprint density at radius 3 is 2.19 bits per heavy atom. The van der Waals surface area contributed by atoms with Gasteiger partial charge in [0.2, 0.25) is 0 Å². The molecular weight excluding hydrogens is 220 g/mol. The molecule has 0 aromatic rings. The van der Waals surface area contributed by atoms with E-state index in [4.69, 9.17) is 13.3 Å². The molecule has 3 atom stereocenters. The van der Waals surface area contributed by atoms with E-state index in [0.29, 0.717) is 0 Å². The highest BCUT2D eigenvalue weighted by atomic mass is 28.4. The molecule has 0 unspecified atom stereocenters. The summed E-state index contributed by atoms with van der Waals surface area (Å²) >= 11 is 0. The maximum absolute atomic E-state index is 5.45. The molecule has 16 heavy (non-hydrogen) atoms. The molecule has 92 valence electrons. The fourth-order valence-corrected chi connectivity index (χ4v) is 4.98. The minimum Gasteiger partial charge on any atom is -0.377 e. The number of fused-ring (bicyclic) bond motifs is 2. The number of hydrogen-bond donors (Lipinski definition) is 0. The Hall–Kier alpha value is -0.163. The molecule has 3 nitrogen and oxygen atoms in total. The van der Waals surface area contributed by atoms with Crippen molar-refractivity contribution in [3.8, 4) is 0 Å². The number of allylic oxidation sites excluding steroid dienone is 2. The van der Waals surface area contributed by atoms with Crippen molar-refractivity contribution in [3.05, 3.63) is 12.2 Å². The van der Waals surface area contributed by atoms with E-state index in [-0.39, 0.29) is 0 Å². The predicted octanol–water partition coefficient (Wildman–Crippen LogP) is 2.47. The first-order valence-electron chi connectivity index (χ1n) is 6.07. The average Bonchev–Trinajstić information content (AvgIpc) is 2.93. The standard InChI is InChI=1S/C12H22O3Si/c1-13-16(14-2,15-3)7-6-12-9-10-4-5-11(12)8-10/h4-5,10-12H,6-9H2,1-3H3/t10-,11-,12-/m0/s1. The van der Waals surface area contributed by atoms with Crippen LogP contribution in [0.2, 0.25) is 6.04 Å². The van der Waals surface area contributed by atoms with Crippen LogP contribution in [0.3, 0.4) is 0 Å². The van der Waals surface area contributed by atoms with Gasteiger partial charge in [-0.3, -0.25) is 0 Å². The van der Waals surface area contributed by atoms with Crippen molar-refractivity contribution < 1.29 is 13.3 Å². The molecule has 0 N–H and O–H groups in total. The largest absolute Gasteiger partial charge is 0.500 e. The Labute approximate surface area is 99.1 Å². The highest BCUT2D eigenvalue weighted by molar-refractivity contribution is 6.60. The first-order chi connectivity index (χ1) is 7.73. The molecule has 0 heterocycles. The van der Waals surface area contributed by atoms with Crippen LogP contribution < -0.4 is 0 Å². The maximum Gasteiger partial charge on any atom is 0.500 e. The summed E-state index contributed by atoms with van der Waals surface area (Å²) in [6, 6.07) is 0.943. The zero-order chi connectivity index (χ0) is 11.6. The van der Waals surface area contributed by atoms with Crippen molar-refractivity contribution >= 4 is 8.80 Å². The second-order valence-corrected chi connectivity index (χ2v) is 7.97. The van der Waals surface area contributed by atoms with E-state index < -0.39 is 8.80 Å². The van der Waals surface area contributed by atoms with E-state index in [1.165, 1.54) is 19.3 Å². The number of rotatable bonds is 6. The molecule has 2 aliphatic carbocycles. The summed E-state index contributed by atoms with van der Waals surface area (Å²) in [6.07, 6.45) is 8.67. The fourth-order valence-electron chi connectivity index (χ4n) is 3.14. The van der Waals surface area contributed by atoms with E-state index >= 15 is 0 Å². The van der Waals surface area contributed by atoms with Gasteiger partial charge in [-0.05, 0) is 37.0 Å². The second-order valence-electron chi connectivity index (χ2n) is 4.87. The van der Waals surface area contributed by atoms with Gasteiger partial charge in [-0.15, -0.1) is 0 Å². The van der Waals surface area contributed by atoms with Gasteiger partial charge in [0.05, 0.1) is 0 Å². The molecule has 4 heteroatoms. The molecule has 2 aliphatic rings. The minimum atomic E-state index is -2.34. The van der Waals surface area contributed by atoms with Gasteiger partial charge in [0.15, 0.2) is 0 Å². The molecule has 0 radical (unpaired) electrons. The molecule has 0 aliphatic heterocycles. The summed E-state index contributed by atoms with van der Waals surface area (Å²) in [4.78, 5) is 0. The van der Waals surface area contributed by atoms with E-state index in [9.17, 15) is 0 Å². The normalized spacial score (nSPS) is 32.6. The van der Waals surface area contributed by atoms with Crippen molar-refractivity contribution in [2.24, 2.45) is 17.8 Å². The van der Waals surface area contributed by atoms with Crippen molar-refractivity contribution in [1.29, 1.82) is 0 Å². The lowest BCUT2D eigenvalue weighted by Gasteiger charge is -2.27. The summed E-state index contributed by atoms with van der Waals surface area (Å²) in [5.41, 5.74) is 0. The highest BCUT2D eigenvalue weighted by Crippen LogP contribution is 2.46. The van der Waals surface area contributed by atoms with Gasteiger partial charge in [0.25, 0.3) is 0 Å². The van der Waals surface area contributed by atoms with Crippen LogP contribution in [-0.4, -0.2) is 30.1 Å². The van der Waals surface area contributed by atoms with Crippen molar-refractivity contribution in [2.45, 2.75) is 25.3 Å². The van der Waals surface area contributed by atoms with Crippen molar-refractivity contribution in [2.75, 3.05) is 21.3 Å². The Kier molecular flexibility index (Phi) is 3.84. The quantitative estimate of drug-likeness (QED) is 0.529. The van der Waals surface area contributed by atoms with Crippen LogP contribution in [0.5, 0.6) is 0 Å². The Bertz CT molecular complexity index is 255. The summed E-state index contributed by atoms with van der Waals surface area (Å²) < 4.78 is 16.4. The van der Waals surface area contributed by atoms with E-state index in [0.717, 1.165) is 23.8 Å². The zero-order valence-corrected chi connectivity index (χ0v) is 11.4. The summed E-state index contributed by atoms with van der Waals surface area (Å²) in [7, 11) is 2.75. The van der Waals surface area contributed by atoms with Gasteiger partial charge in [0.1, 0.15) is 0 Å². The van der Waals surface area contributed by atoms with Crippen molar-refractivity contribution in [1.82, 2.24) is 0 Å². The lowest BCUT2D eigenvalue weighted by atomic mass is 9.91. The summed E-state index contributed by atoms with van der Waals surface area (Å²) in [6.45, 7) is 0. The molecule has 2 rings (SSSR count). The Morgan fingerprint density at radius 2 is 1.75 bits per heavy atom. The average molecular weight is 242 g/mol. The third-order valence-corrected chi connectivity index (χ3v) is 6.94. The van der Waals surface area contributed by atoms with Crippen LogP contribution in [0, 0.1) is 17.8 Å². The molecule has 1 saturated carbocycles. The second kappa shape index (κ2) is 5.00. The molecule has 0 aromatic heterocycles. The third kappa shape index (κ3) is 2.25. The zero-order valence-electron chi connectivity index (χ0n) is 10.4. The van der Waals surface area contributed by atoms with Gasteiger partial charge in [-0.25, -0.2) is 0 Å². The predicted molar refractivity (Wildman–Crippen MR) is 65.0 cm³/mol. The lowest BCUT2D eigenvalue weighted by molar-refractivity contribution is 0.120. The Balaban J connectivity index is 1.84. The van der Waals surface area contributed by atoms with Crippen LogP contribution >= 0.6 is 0 Å². The molecule has 0 amide bonds. The van der Waals surface area contributed by atoms with Gasteiger partial charge in [-0.2, -0.15) is 0 Å². The van der Waals surface area contributed by atoms with Crippen LogP contribution in [-0.2, 0) is 13.3 Å². The van der Waals surface area contributed by atoms with Crippen LogP contribution in [0.25, 0.3) is 0 Å². The van der Waals surface area contributed by atoms with Crippen LogP contribution in [0.4, 0.5) is 0 Å². The lowest BCUT2D eigenvalue weighted by Crippen LogP contribution is -2.43. The smallest absolute Gasteiger partial charge is 0.377 e. The summed E-state index contributed by atoms with van der Waals surface area (Å²) in [5, 5.41) is 0. The molecule has 1 fully saturated rings. The van der Waals surface area contributed by atoms with Crippen molar-refractivity contribution in [3.63, 3.8) is 0 Å². The highest BCUT2D eigenvalue weighted by Gasteiger charge is 2.41. The SMILES string of the molecule is CO[Si](CC[C@H]1C[C@H]2C=C[C@H]1C2)(OC)OC. The van der Waals surface area contributed by atoms with Gasteiger partial charge < -0.3 is 13.3 Å².